The van der Waals surface area contributed by atoms with E-state index in [0.717, 1.165) is 44.7 Å². The average molecular weight is 922 g/mol. The minimum atomic E-state index is -1.08. The number of likely N-dealkylation sites (N-methyl/N-ethyl adjacent to an activating group) is 1. The van der Waals surface area contributed by atoms with Crippen LogP contribution in [0.25, 0.3) is 33.4 Å². The van der Waals surface area contributed by atoms with E-state index in [1.807, 2.05) is 32.2 Å². The molecule has 0 radical (unpaired) electrons. The van der Waals surface area contributed by atoms with Crippen LogP contribution < -0.4 is 10.7 Å². The van der Waals surface area contributed by atoms with Crippen molar-refractivity contribution in [1.29, 1.82) is 0 Å². The van der Waals surface area contributed by atoms with Gasteiger partial charge in [0.1, 0.15) is 18.1 Å². The number of carbonyl (C=O) groups is 5. The van der Waals surface area contributed by atoms with Gasteiger partial charge in [0.05, 0.1) is 46.9 Å². The van der Waals surface area contributed by atoms with Gasteiger partial charge in [-0.25, -0.2) is 15.2 Å². The van der Waals surface area contributed by atoms with Crippen LogP contribution in [-0.4, -0.2) is 135 Å². The first-order chi connectivity index (χ1) is 31.5. The number of hydrazine groups is 1. The van der Waals surface area contributed by atoms with Crippen molar-refractivity contribution in [1.82, 2.24) is 45.0 Å². The lowest BCUT2D eigenvalue weighted by atomic mass is 9.84. The van der Waals surface area contributed by atoms with Gasteiger partial charge < -0.3 is 34.1 Å². The van der Waals surface area contributed by atoms with Crippen molar-refractivity contribution in [3.8, 4) is 22.5 Å². The number of fused-ring (bicyclic) bond motifs is 8. The van der Waals surface area contributed by atoms with Crippen molar-refractivity contribution in [3.63, 3.8) is 0 Å². The number of likely N-dealkylation sites (tertiary alicyclic amines) is 2. The Kier molecular flexibility index (Phi) is 13.4. The van der Waals surface area contributed by atoms with E-state index in [9.17, 15) is 24.0 Å². The number of amides is 5. The highest BCUT2D eigenvalue weighted by atomic mass is 32.1. The molecule has 6 atom stereocenters. The number of pyridine rings is 1. The number of piperazine rings is 1. The van der Waals surface area contributed by atoms with Gasteiger partial charge in [-0.2, -0.15) is 0 Å². The van der Waals surface area contributed by atoms with Crippen LogP contribution in [0.4, 0.5) is 4.79 Å². The van der Waals surface area contributed by atoms with Gasteiger partial charge in [0.2, 0.25) is 11.8 Å². The number of rotatable bonds is 9. The summed E-state index contributed by atoms with van der Waals surface area (Å²) in [5.41, 5.74) is 9.27. The normalized spacial score (nSPS) is 22.8. The fraction of sp³-hybridized carbons (Fsp3) is 0.531. The molecule has 7 heterocycles. The second-order valence-electron chi connectivity index (χ2n) is 19.2. The highest BCUT2D eigenvalue weighted by Gasteiger charge is 2.48. The van der Waals surface area contributed by atoms with Crippen LogP contribution in [0.5, 0.6) is 0 Å². The summed E-state index contributed by atoms with van der Waals surface area (Å²) >= 11 is 1.41. The number of ether oxygens (including phenoxy) is 2. The van der Waals surface area contributed by atoms with Gasteiger partial charge in [0, 0.05) is 85.8 Å². The summed E-state index contributed by atoms with van der Waals surface area (Å²) < 4.78 is 14.2. The molecule has 0 saturated carbocycles. The molecular weight excluding hydrogens is 859 g/mol. The average Bonchev–Trinajstić information content (AvgIpc) is 4.12. The number of carbonyl (C=O) groups excluding carboxylic acids is 5. The number of nitrogens with zero attached hydrogens (tertiary/aromatic N) is 7. The van der Waals surface area contributed by atoms with Gasteiger partial charge in [-0.1, -0.05) is 40.3 Å². The maximum Gasteiger partial charge on any atom is 0.324 e. The summed E-state index contributed by atoms with van der Waals surface area (Å²) in [5.74, 6) is -1.82. The van der Waals surface area contributed by atoms with Crippen molar-refractivity contribution in [2.45, 2.75) is 117 Å². The van der Waals surface area contributed by atoms with Crippen molar-refractivity contribution < 1.29 is 33.4 Å². The van der Waals surface area contributed by atoms with E-state index in [0.29, 0.717) is 56.9 Å². The van der Waals surface area contributed by atoms with Gasteiger partial charge in [-0.05, 0) is 81.4 Å². The van der Waals surface area contributed by atoms with Crippen molar-refractivity contribution in [3.05, 3.63) is 70.8 Å². The maximum atomic E-state index is 14.7. The number of urea groups is 1. The van der Waals surface area contributed by atoms with E-state index >= 15 is 0 Å². The number of aromatic nitrogens is 3. The second kappa shape index (κ2) is 18.9. The van der Waals surface area contributed by atoms with Crippen molar-refractivity contribution >= 4 is 52.0 Å². The number of benzene rings is 1. The molecule has 8 rings (SSSR count). The molecule has 5 amide bonds. The van der Waals surface area contributed by atoms with Crippen molar-refractivity contribution in [2.24, 2.45) is 11.3 Å². The van der Waals surface area contributed by atoms with Crippen LogP contribution in [0.2, 0.25) is 0 Å². The van der Waals surface area contributed by atoms with Gasteiger partial charge >= 0.3 is 12.0 Å². The van der Waals surface area contributed by atoms with Crippen LogP contribution in [0.15, 0.2) is 54.6 Å². The molecular formula is C49H63N9O7S. The van der Waals surface area contributed by atoms with E-state index in [4.69, 9.17) is 19.4 Å². The Labute approximate surface area is 390 Å². The Balaban J connectivity index is 1.14. The minimum absolute atomic E-state index is 0.0770. The molecule has 4 aliphatic heterocycles. The molecule has 3 fully saturated rings. The molecule has 1 aromatic carbocycles. The number of hydrogen-bond acceptors (Lipinski definition) is 11. The number of cyclic esters (lactones) is 1. The van der Waals surface area contributed by atoms with Crippen LogP contribution >= 0.6 is 11.3 Å². The Bertz CT molecular complexity index is 2530. The number of nitrogens with one attached hydrogen (secondary N) is 2. The highest BCUT2D eigenvalue weighted by Crippen LogP contribution is 2.42. The first-order valence-electron chi connectivity index (χ1n) is 23.1. The third-order valence-corrected chi connectivity index (χ3v) is 14.6. The summed E-state index contributed by atoms with van der Waals surface area (Å²) in [5, 5.41) is 8.12. The smallest absolute Gasteiger partial charge is 0.324 e. The molecule has 4 aliphatic rings. The Morgan fingerprint density at radius 2 is 1.89 bits per heavy atom. The zero-order chi connectivity index (χ0) is 47.2. The highest BCUT2D eigenvalue weighted by molar-refractivity contribution is 7.10. The molecule has 66 heavy (non-hydrogen) atoms. The summed E-state index contributed by atoms with van der Waals surface area (Å²) in [4.78, 5) is 84.4. The van der Waals surface area contributed by atoms with Crippen LogP contribution in [0.3, 0.4) is 0 Å². The van der Waals surface area contributed by atoms with E-state index in [1.165, 1.54) is 27.3 Å². The first-order valence-corrected chi connectivity index (χ1v) is 24.0. The molecule has 3 aromatic heterocycles. The lowest BCUT2D eigenvalue weighted by Crippen LogP contribution is -2.63. The van der Waals surface area contributed by atoms with Gasteiger partial charge in [0.15, 0.2) is 0 Å². The van der Waals surface area contributed by atoms with Gasteiger partial charge in [-0.3, -0.25) is 29.2 Å². The van der Waals surface area contributed by atoms with Crippen LogP contribution in [0.1, 0.15) is 83.2 Å². The second-order valence-corrected chi connectivity index (χ2v) is 20.2. The molecule has 17 heteroatoms. The standard InChI is InChI=1S/C49H63N9O7S/c1-10-41(59)56-24-32-21-31(56)25-57(32)48(63)54(8)43(28(3)4)45(60)52-37-22-40-51-38(26-66-40)30-16-17-39-34(20-30)35(44(55(39)11-2)33-14-12-18-50-42(33)29(5)64-9)23-49(6,7)27-65-47(62)36-15-13-19-58(53-36)46(37)61/h10,12,14,16-18,20,26,28-29,31-32,36-37,43,53H,1,11,13,15,19,21-25,27H2,2-9H3,(H,52,60)/t29-,31-,32-,36-,37-,43-/m0/s1. The van der Waals surface area contributed by atoms with Gasteiger partial charge in [0.25, 0.3) is 5.91 Å². The third kappa shape index (κ3) is 8.96. The number of esters is 1. The van der Waals surface area contributed by atoms with E-state index in [2.05, 4.69) is 66.9 Å². The molecule has 0 spiro atoms. The van der Waals surface area contributed by atoms with Crippen LogP contribution in [-0.2, 0) is 48.0 Å². The number of hydrogen-bond donors (Lipinski definition) is 2. The molecule has 4 aromatic rings. The molecule has 0 unspecified atom stereocenters. The topological polar surface area (TPSA) is 172 Å². The van der Waals surface area contributed by atoms with Crippen LogP contribution in [0, 0.1) is 11.3 Å². The Morgan fingerprint density at radius 3 is 2.59 bits per heavy atom. The van der Waals surface area contributed by atoms with E-state index < -0.39 is 41.3 Å². The van der Waals surface area contributed by atoms with E-state index in [-0.39, 0.29) is 49.1 Å². The zero-order valence-electron chi connectivity index (χ0n) is 39.3. The molecule has 8 bridgehead atoms. The molecule has 2 N–H and O–H groups in total. The zero-order valence-corrected chi connectivity index (χ0v) is 40.2. The monoisotopic (exact) mass is 921 g/mol. The fourth-order valence-electron chi connectivity index (χ4n) is 10.4. The molecule has 352 valence electrons. The third-order valence-electron chi connectivity index (χ3n) is 13.7. The summed E-state index contributed by atoms with van der Waals surface area (Å²) in [6.07, 6.45) is 5.16. The molecule has 0 aliphatic carbocycles. The lowest BCUT2D eigenvalue weighted by molar-refractivity contribution is -0.155. The van der Waals surface area contributed by atoms with Gasteiger partial charge in [-0.15, -0.1) is 11.3 Å². The Hall–Kier alpha value is -5.65. The fourth-order valence-corrected chi connectivity index (χ4v) is 11.2. The van der Waals surface area contributed by atoms with Crippen molar-refractivity contribution in [2.75, 3.05) is 40.4 Å². The summed E-state index contributed by atoms with van der Waals surface area (Å²) in [7, 11) is 3.30. The quantitative estimate of drug-likeness (QED) is 0.156. The molecule has 16 nitrogen and oxygen atoms in total. The van der Waals surface area contributed by atoms with E-state index in [1.54, 1.807) is 30.2 Å². The number of aryl methyl sites for hydroxylation is 1. The first kappa shape index (κ1) is 46.9. The summed E-state index contributed by atoms with van der Waals surface area (Å²) in [6.45, 7) is 17.6. The minimum Gasteiger partial charge on any atom is -0.464 e. The SMILES string of the molecule is C=CC(=O)N1C[C@@H]2C[C@H]1CN2C(=O)N(C)[C@H](C(=O)N[C@H]1Cc2nc(cs2)-c2ccc3c(c2)c(c(-c2cccnc2[C@H](C)OC)n3CC)CC(C)(C)COC(=O)[C@@H]2CCCN(N2)C1=O)C(C)C. The predicted molar refractivity (Wildman–Crippen MR) is 252 cm³/mol. The maximum absolute atomic E-state index is 14.7. The predicted octanol–water partition coefficient (Wildman–Crippen LogP) is 5.75. The number of methoxy groups -OCH3 is 1. The number of thiazole rings is 1. The lowest BCUT2D eigenvalue weighted by Gasteiger charge is -2.39. The Morgan fingerprint density at radius 1 is 1.14 bits per heavy atom. The molecule has 3 saturated heterocycles. The summed E-state index contributed by atoms with van der Waals surface area (Å²) in [6, 6.07) is 7.05. The largest absolute Gasteiger partial charge is 0.464 e.